The van der Waals surface area contributed by atoms with Crippen LogP contribution in [0.3, 0.4) is 0 Å². The van der Waals surface area contributed by atoms with Crippen LogP contribution in [-0.2, 0) is 4.79 Å². The molecule has 1 aromatic carbocycles. The molecule has 0 aliphatic carbocycles. The third-order valence-electron chi connectivity index (χ3n) is 1.88. The van der Waals surface area contributed by atoms with Crippen molar-refractivity contribution in [2.45, 2.75) is 0 Å². The van der Waals surface area contributed by atoms with Crippen LogP contribution in [0.5, 0.6) is 0 Å². The summed E-state index contributed by atoms with van der Waals surface area (Å²) in [6.45, 7) is 0.0459. The summed E-state index contributed by atoms with van der Waals surface area (Å²) in [5, 5.41) is 2.72. The Balaban J connectivity index is 2.66. The minimum absolute atomic E-state index is 0.0392. The topological polar surface area (TPSA) is 32.3 Å². The van der Waals surface area contributed by atoms with Crippen molar-refractivity contribution in [3.63, 3.8) is 0 Å². The summed E-state index contributed by atoms with van der Waals surface area (Å²) < 4.78 is 13.3. The standard InChI is InChI=1S/C10H12ClFN2O/c1-14(2)9(15)6-13-8-5-3-4-7(11)10(8)12/h3-5,13H,6H2,1-2H3. The summed E-state index contributed by atoms with van der Waals surface area (Å²) in [6, 6.07) is 4.61. The molecular weight excluding hydrogens is 219 g/mol. The number of carbonyl (C=O) groups excluding carboxylic acids is 1. The van der Waals surface area contributed by atoms with Gasteiger partial charge in [0.25, 0.3) is 0 Å². The number of likely N-dealkylation sites (N-methyl/N-ethyl adjacent to an activating group) is 1. The predicted molar refractivity (Wildman–Crippen MR) is 58.6 cm³/mol. The summed E-state index contributed by atoms with van der Waals surface area (Å²) >= 11 is 5.58. The molecule has 0 atom stereocenters. The number of rotatable bonds is 3. The van der Waals surface area contributed by atoms with Gasteiger partial charge < -0.3 is 10.2 Å². The van der Waals surface area contributed by atoms with E-state index in [2.05, 4.69) is 5.32 Å². The molecule has 0 unspecified atom stereocenters. The molecule has 0 saturated heterocycles. The maximum Gasteiger partial charge on any atom is 0.241 e. The summed E-state index contributed by atoms with van der Waals surface area (Å²) in [6.07, 6.45) is 0. The van der Waals surface area contributed by atoms with E-state index in [0.29, 0.717) is 0 Å². The van der Waals surface area contributed by atoms with Gasteiger partial charge in [0.2, 0.25) is 5.91 Å². The van der Waals surface area contributed by atoms with E-state index >= 15 is 0 Å². The zero-order valence-electron chi connectivity index (χ0n) is 8.55. The molecule has 1 N–H and O–H groups in total. The van der Waals surface area contributed by atoms with Crippen LogP contribution in [0.1, 0.15) is 0 Å². The van der Waals surface area contributed by atoms with E-state index in [1.54, 1.807) is 20.2 Å². The predicted octanol–water partition coefficient (Wildman–Crippen LogP) is 1.98. The van der Waals surface area contributed by atoms with Crippen LogP contribution in [0.2, 0.25) is 5.02 Å². The van der Waals surface area contributed by atoms with Crippen LogP contribution in [0, 0.1) is 5.82 Å². The third kappa shape index (κ3) is 3.09. The number of halogens is 2. The second-order valence-electron chi connectivity index (χ2n) is 3.24. The Morgan fingerprint density at radius 1 is 1.53 bits per heavy atom. The van der Waals surface area contributed by atoms with Crippen molar-refractivity contribution in [3.05, 3.63) is 29.0 Å². The molecule has 1 aromatic rings. The Morgan fingerprint density at radius 2 is 2.20 bits per heavy atom. The molecule has 0 heterocycles. The number of hydrogen-bond donors (Lipinski definition) is 1. The largest absolute Gasteiger partial charge is 0.374 e. The Bertz CT molecular complexity index is 368. The minimum Gasteiger partial charge on any atom is -0.374 e. The number of amides is 1. The van der Waals surface area contributed by atoms with Gasteiger partial charge in [0.1, 0.15) is 0 Å². The molecule has 1 amide bonds. The summed E-state index contributed by atoms with van der Waals surface area (Å²) in [4.78, 5) is 12.6. The Kier molecular flexibility index (Phi) is 3.91. The van der Waals surface area contributed by atoms with E-state index in [0.717, 1.165) is 0 Å². The van der Waals surface area contributed by atoms with E-state index in [9.17, 15) is 9.18 Å². The van der Waals surface area contributed by atoms with Gasteiger partial charge in [-0.05, 0) is 12.1 Å². The van der Waals surface area contributed by atoms with Crippen LogP contribution in [0.15, 0.2) is 18.2 Å². The first-order valence-electron chi connectivity index (χ1n) is 4.40. The smallest absolute Gasteiger partial charge is 0.241 e. The van der Waals surface area contributed by atoms with Crippen molar-refractivity contribution in [2.24, 2.45) is 0 Å². The first-order chi connectivity index (χ1) is 7.02. The van der Waals surface area contributed by atoms with E-state index in [1.165, 1.54) is 17.0 Å². The average molecular weight is 231 g/mol. The van der Waals surface area contributed by atoms with Gasteiger partial charge in [-0.2, -0.15) is 0 Å². The highest BCUT2D eigenvalue weighted by molar-refractivity contribution is 6.31. The molecule has 0 fully saturated rings. The van der Waals surface area contributed by atoms with Crippen molar-refractivity contribution in [1.82, 2.24) is 4.90 Å². The van der Waals surface area contributed by atoms with Gasteiger partial charge in [0.05, 0.1) is 17.3 Å². The lowest BCUT2D eigenvalue weighted by atomic mass is 10.3. The lowest BCUT2D eigenvalue weighted by Gasteiger charge is -2.12. The van der Waals surface area contributed by atoms with Crippen LogP contribution in [0.25, 0.3) is 0 Å². The summed E-state index contributed by atoms with van der Waals surface area (Å²) in [5.74, 6) is -0.667. The van der Waals surface area contributed by atoms with Crippen molar-refractivity contribution < 1.29 is 9.18 Å². The highest BCUT2D eigenvalue weighted by Gasteiger charge is 2.08. The van der Waals surface area contributed by atoms with Crippen molar-refractivity contribution in [3.8, 4) is 0 Å². The monoisotopic (exact) mass is 230 g/mol. The molecule has 0 aromatic heterocycles. The van der Waals surface area contributed by atoms with Crippen molar-refractivity contribution >= 4 is 23.2 Å². The van der Waals surface area contributed by atoms with E-state index in [4.69, 9.17) is 11.6 Å². The van der Waals surface area contributed by atoms with Crippen LogP contribution in [-0.4, -0.2) is 31.4 Å². The molecule has 0 aliphatic rings. The van der Waals surface area contributed by atoms with Gasteiger partial charge >= 0.3 is 0 Å². The highest BCUT2D eigenvalue weighted by Crippen LogP contribution is 2.21. The zero-order valence-corrected chi connectivity index (χ0v) is 9.31. The fraction of sp³-hybridized carbons (Fsp3) is 0.300. The number of carbonyl (C=O) groups is 1. The van der Waals surface area contributed by atoms with Crippen molar-refractivity contribution in [1.29, 1.82) is 0 Å². The molecule has 0 radical (unpaired) electrons. The zero-order chi connectivity index (χ0) is 11.4. The molecule has 0 bridgehead atoms. The molecule has 0 spiro atoms. The van der Waals surface area contributed by atoms with E-state index in [-0.39, 0.29) is 23.2 Å². The highest BCUT2D eigenvalue weighted by atomic mass is 35.5. The SMILES string of the molecule is CN(C)C(=O)CNc1cccc(Cl)c1F. The fourth-order valence-electron chi connectivity index (χ4n) is 0.969. The number of nitrogens with one attached hydrogen (secondary N) is 1. The number of anilines is 1. The second-order valence-corrected chi connectivity index (χ2v) is 3.65. The molecule has 3 nitrogen and oxygen atoms in total. The van der Waals surface area contributed by atoms with Gasteiger partial charge in [-0.15, -0.1) is 0 Å². The van der Waals surface area contributed by atoms with Gasteiger partial charge in [-0.25, -0.2) is 4.39 Å². The molecule has 1 rings (SSSR count). The first kappa shape index (κ1) is 11.8. The number of hydrogen-bond acceptors (Lipinski definition) is 2. The van der Waals surface area contributed by atoms with Gasteiger partial charge in [0, 0.05) is 14.1 Å². The van der Waals surface area contributed by atoms with Crippen LogP contribution < -0.4 is 5.32 Å². The van der Waals surface area contributed by atoms with E-state index < -0.39 is 5.82 Å². The Hall–Kier alpha value is -1.29. The second kappa shape index (κ2) is 4.98. The normalized spacial score (nSPS) is 9.87. The fourth-order valence-corrected chi connectivity index (χ4v) is 1.14. The lowest BCUT2D eigenvalue weighted by molar-refractivity contribution is -0.126. The van der Waals surface area contributed by atoms with Gasteiger partial charge in [-0.3, -0.25) is 4.79 Å². The van der Waals surface area contributed by atoms with E-state index in [1.807, 2.05) is 0 Å². The third-order valence-corrected chi connectivity index (χ3v) is 2.17. The number of benzene rings is 1. The Morgan fingerprint density at radius 3 is 2.80 bits per heavy atom. The molecule has 15 heavy (non-hydrogen) atoms. The molecule has 5 heteroatoms. The maximum absolute atomic E-state index is 13.3. The maximum atomic E-state index is 13.3. The molecule has 0 aliphatic heterocycles. The first-order valence-corrected chi connectivity index (χ1v) is 4.78. The average Bonchev–Trinajstić information content (AvgIpc) is 2.19. The van der Waals surface area contributed by atoms with Crippen LogP contribution >= 0.6 is 11.6 Å². The van der Waals surface area contributed by atoms with Gasteiger partial charge in [-0.1, -0.05) is 17.7 Å². The molecule has 82 valence electrons. The lowest BCUT2D eigenvalue weighted by Crippen LogP contribution is -2.28. The molecular formula is C10H12ClFN2O. The minimum atomic E-state index is -0.536. The summed E-state index contributed by atoms with van der Waals surface area (Å²) in [7, 11) is 3.27. The van der Waals surface area contributed by atoms with Crippen molar-refractivity contribution in [2.75, 3.05) is 26.0 Å². The quantitative estimate of drug-likeness (QED) is 0.861. The Labute approximate surface area is 92.8 Å². The molecule has 0 saturated carbocycles. The van der Waals surface area contributed by atoms with Gasteiger partial charge in [0.15, 0.2) is 5.82 Å². The van der Waals surface area contributed by atoms with Crippen LogP contribution in [0.4, 0.5) is 10.1 Å². The summed E-state index contributed by atoms with van der Waals surface area (Å²) in [5.41, 5.74) is 0.234. The number of nitrogens with zero attached hydrogens (tertiary/aromatic N) is 1.